The lowest BCUT2D eigenvalue weighted by molar-refractivity contribution is 0.654. The van der Waals surface area contributed by atoms with E-state index in [1.165, 1.54) is 0 Å². The van der Waals surface area contributed by atoms with E-state index in [1.54, 1.807) is 0 Å². The van der Waals surface area contributed by atoms with Crippen LogP contribution in [0.1, 0.15) is 0 Å². The first-order valence-corrected chi connectivity index (χ1v) is 15.4. The zero-order valence-corrected chi connectivity index (χ0v) is 25.1. The maximum absolute atomic E-state index is 6.36. The zero-order valence-electron chi connectivity index (χ0n) is 25.1. The van der Waals surface area contributed by atoms with E-state index in [1.807, 2.05) is 115 Å². The maximum Gasteiger partial charge on any atom is 0.228 e. The fourth-order valence-corrected chi connectivity index (χ4v) is 6.16. The van der Waals surface area contributed by atoms with E-state index in [4.69, 9.17) is 29.3 Å². The van der Waals surface area contributed by atoms with E-state index in [0.29, 0.717) is 23.2 Å². The predicted octanol–water partition coefficient (Wildman–Crippen LogP) is 10.0. The van der Waals surface area contributed by atoms with Crippen molar-refractivity contribution in [3.8, 4) is 56.7 Å². The number of nitrogens with zero attached hydrogens (tertiary/aromatic N) is 5. The lowest BCUT2D eigenvalue weighted by Gasteiger charge is -2.11. The van der Waals surface area contributed by atoms with Crippen LogP contribution in [-0.2, 0) is 0 Å². The van der Waals surface area contributed by atoms with Gasteiger partial charge in [-0.15, -0.1) is 0 Å². The number of benzene rings is 5. The van der Waals surface area contributed by atoms with Crippen molar-refractivity contribution in [1.82, 2.24) is 24.9 Å². The second kappa shape index (κ2) is 11.1. The van der Waals surface area contributed by atoms with Crippen LogP contribution in [0.25, 0.3) is 89.5 Å². The molecule has 0 aliphatic heterocycles. The van der Waals surface area contributed by atoms with E-state index < -0.39 is 0 Å². The summed E-state index contributed by atoms with van der Waals surface area (Å²) >= 11 is 0. The van der Waals surface area contributed by atoms with Gasteiger partial charge < -0.3 is 4.42 Å². The minimum absolute atomic E-state index is 0.566. The molecule has 0 bridgehead atoms. The molecule has 4 aromatic heterocycles. The minimum atomic E-state index is 0.566. The summed E-state index contributed by atoms with van der Waals surface area (Å²) < 4.78 is 6.36. The third-order valence-corrected chi connectivity index (χ3v) is 8.40. The molecule has 0 spiro atoms. The van der Waals surface area contributed by atoms with Crippen LogP contribution in [0.5, 0.6) is 0 Å². The van der Waals surface area contributed by atoms with Crippen molar-refractivity contribution in [3.63, 3.8) is 0 Å². The Bertz CT molecular complexity index is 2520. The number of aromatic nitrogens is 5. The molecule has 47 heavy (non-hydrogen) atoms. The van der Waals surface area contributed by atoms with Gasteiger partial charge in [0.1, 0.15) is 5.58 Å². The van der Waals surface area contributed by atoms with Gasteiger partial charge in [0.15, 0.2) is 17.5 Å². The molecule has 6 heteroatoms. The maximum atomic E-state index is 6.36. The highest BCUT2D eigenvalue weighted by Crippen LogP contribution is 2.40. The van der Waals surface area contributed by atoms with Gasteiger partial charge in [-0.2, -0.15) is 0 Å². The van der Waals surface area contributed by atoms with Crippen molar-refractivity contribution in [3.05, 3.63) is 152 Å². The Balaban J connectivity index is 1.27. The summed E-state index contributed by atoms with van der Waals surface area (Å²) in [5.74, 6) is 1.84. The molecule has 0 N–H and O–H groups in total. The van der Waals surface area contributed by atoms with Crippen molar-refractivity contribution >= 4 is 32.8 Å². The summed E-state index contributed by atoms with van der Waals surface area (Å²) in [5.41, 5.74) is 7.62. The van der Waals surface area contributed by atoms with E-state index in [0.717, 1.165) is 66.3 Å². The fraction of sp³-hybridized carbons (Fsp3) is 0. The number of hydrogen-bond acceptors (Lipinski definition) is 6. The molecular formula is C41H25N5O. The Morgan fingerprint density at radius 2 is 1.04 bits per heavy atom. The lowest BCUT2D eigenvalue weighted by atomic mass is 9.97. The molecule has 0 saturated carbocycles. The van der Waals surface area contributed by atoms with Crippen LogP contribution in [0, 0.1) is 0 Å². The van der Waals surface area contributed by atoms with Gasteiger partial charge in [-0.25, -0.2) is 19.9 Å². The molecule has 0 amide bonds. The lowest BCUT2D eigenvalue weighted by Crippen LogP contribution is -2.00. The monoisotopic (exact) mass is 603 g/mol. The highest BCUT2D eigenvalue weighted by atomic mass is 16.3. The quantitative estimate of drug-likeness (QED) is 0.195. The van der Waals surface area contributed by atoms with Crippen LogP contribution < -0.4 is 0 Å². The first-order chi connectivity index (χ1) is 23.3. The number of furan rings is 1. The zero-order chi connectivity index (χ0) is 31.2. The number of para-hydroxylation sites is 1. The summed E-state index contributed by atoms with van der Waals surface area (Å²) in [4.78, 5) is 24.6. The second-order valence-electron chi connectivity index (χ2n) is 11.3. The van der Waals surface area contributed by atoms with Gasteiger partial charge in [0.25, 0.3) is 0 Å². The fourth-order valence-electron chi connectivity index (χ4n) is 6.16. The van der Waals surface area contributed by atoms with Crippen LogP contribution in [0.15, 0.2) is 156 Å². The molecule has 6 nitrogen and oxygen atoms in total. The van der Waals surface area contributed by atoms with E-state index in [9.17, 15) is 0 Å². The average molecular weight is 604 g/mol. The molecule has 9 aromatic rings. The van der Waals surface area contributed by atoms with E-state index in [-0.39, 0.29) is 0 Å². The Morgan fingerprint density at radius 1 is 0.447 bits per heavy atom. The van der Waals surface area contributed by atoms with Gasteiger partial charge in [0.2, 0.25) is 5.71 Å². The van der Waals surface area contributed by atoms with Crippen molar-refractivity contribution in [2.75, 3.05) is 0 Å². The molecule has 9 rings (SSSR count). The van der Waals surface area contributed by atoms with Crippen LogP contribution in [0.4, 0.5) is 0 Å². The third kappa shape index (κ3) is 4.80. The summed E-state index contributed by atoms with van der Waals surface area (Å²) in [6.45, 7) is 0. The van der Waals surface area contributed by atoms with Crippen molar-refractivity contribution in [1.29, 1.82) is 0 Å². The molecule has 0 aliphatic rings. The highest BCUT2D eigenvalue weighted by Gasteiger charge is 2.19. The van der Waals surface area contributed by atoms with E-state index >= 15 is 0 Å². The van der Waals surface area contributed by atoms with Crippen molar-refractivity contribution < 1.29 is 4.42 Å². The normalized spacial score (nSPS) is 11.4. The number of rotatable bonds is 5. The van der Waals surface area contributed by atoms with E-state index in [2.05, 4.69) is 36.4 Å². The van der Waals surface area contributed by atoms with Gasteiger partial charge in [0.05, 0.1) is 16.8 Å². The molecule has 0 saturated heterocycles. The minimum Gasteiger partial charge on any atom is -0.438 e. The molecule has 220 valence electrons. The van der Waals surface area contributed by atoms with Gasteiger partial charge >= 0.3 is 0 Å². The SMILES string of the molecule is c1ccc(-c2nc(-c3ccccc3)nc(-c3cccc(-c4cc(-c5nccc6ccccc56)nc5oc6ccccc6c45)c3)n2)cc1. The molecule has 5 aromatic carbocycles. The van der Waals surface area contributed by atoms with Crippen LogP contribution >= 0.6 is 0 Å². The smallest absolute Gasteiger partial charge is 0.228 e. The Hall–Kier alpha value is -6.53. The molecule has 0 aliphatic carbocycles. The predicted molar refractivity (Wildman–Crippen MR) is 187 cm³/mol. The van der Waals surface area contributed by atoms with Gasteiger partial charge in [-0.3, -0.25) is 4.98 Å². The Labute approximate surface area is 270 Å². The molecule has 0 radical (unpaired) electrons. The van der Waals surface area contributed by atoms with Crippen molar-refractivity contribution in [2.24, 2.45) is 0 Å². The molecule has 0 atom stereocenters. The van der Waals surface area contributed by atoms with Crippen LogP contribution in [0.3, 0.4) is 0 Å². The third-order valence-electron chi connectivity index (χ3n) is 8.40. The molecule has 0 unspecified atom stereocenters. The molecule has 4 heterocycles. The van der Waals surface area contributed by atoms with Gasteiger partial charge in [0, 0.05) is 33.7 Å². The Kier molecular flexibility index (Phi) is 6.35. The first kappa shape index (κ1) is 26.8. The van der Waals surface area contributed by atoms with Crippen molar-refractivity contribution in [2.45, 2.75) is 0 Å². The summed E-state index contributed by atoms with van der Waals surface area (Å²) in [6, 6.07) is 48.8. The summed E-state index contributed by atoms with van der Waals surface area (Å²) in [5, 5.41) is 4.09. The topological polar surface area (TPSA) is 77.6 Å². The largest absolute Gasteiger partial charge is 0.438 e. The molecule has 0 fully saturated rings. The number of pyridine rings is 2. The summed E-state index contributed by atoms with van der Waals surface area (Å²) in [7, 11) is 0. The van der Waals surface area contributed by atoms with Crippen LogP contribution in [-0.4, -0.2) is 24.9 Å². The average Bonchev–Trinajstić information content (AvgIpc) is 3.53. The Morgan fingerprint density at radius 3 is 1.79 bits per heavy atom. The van der Waals surface area contributed by atoms with Gasteiger partial charge in [-0.05, 0) is 40.8 Å². The summed E-state index contributed by atoms with van der Waals surface area (Å²) in [6.07, 6.45) is 1.83. The number of hydrogen-bond donors (Lipinski definition) is 0. The molecular weight excluding hydrogens is 578 g/mol. The standard InChI is InChI=1S/C41H25N5O/c1-3-13-27(14-4-1)38-44-39(28-15-5-2-6-16-28)46-40(45-38)30-18-11-17-29(24-30)33-25-34(37-31-19-8-7-12-26(31)22-23-42-37)43-41-36(33)32-20-9-10-21-35(32)47-41/h1-25H. The second-order valence-corrected chi connectivity index (χ2v) is 11.3. The van der Waals surface area contributed by atoms with Crippen LogP contribution in [0.2, 0.25) is 0 Å². The first-order valence-electron chi connectivity index (χ1n) is 15.4. The highest BCUT2D eigenvalue weighted by molar-refractivity contribution is 6.12. The van der Waals surface area contributed by atoms with Gasteiger partial charge in [-0.1, -0.05) is 121 Å². The number of fused-ring (bicyclic) bond motifs is 4.